The second-order valence-electron chi connectivity index (χ2n) is 8.87. The van der Waals surface area contributed by atoms with Crippen LogP contribution in [0.25, 0.3) is 11.3 Å². The van der Waals surface area contributed by atoms with Gasteiger partial charge in [0.15, 0.2) is 5.82 Å². The number of aryl methyl sites for hydroxylation is 1. The SMILES string of the molecule is COc1cc2c(cc1Br)-c1c(C3CC(F)(F)C3)nc(C(=O)NC(C)(C#N)CC(F)(F)F)n1CC2. The van der Waals surface area contributed by atoms with Gasteiger partial charge < -0.3 is 14.6 Å². The normalized spacial score (nSPS) is 18.7. The number of benzene rings is 1. The first-order valence-electron chi connectivity index (χ1n) is 10.4. The van der Waals surface area contributed by atoms with Crippen LogP contribution in [0.1, 0.15) is 54.0 Å². The van der Waals surface area contributed by atoms with Crippen LogP contribution in [0.4, 0.5) is 22.0 Å². The number of amides is 1. The predicted molar refractivity (Wildman–Crippen MR) is 115 cm³/mol. The van der Waals surface area contributed by atoms with E-state index in [0.717, 1.165) is 12.5 Å². The lowest BCUT2D eigenvalue weighted by molar-refractivity contribution is -0.143. The van der Waals surface area contributed by atoms with Crippen molar-refractivity contribution in [2.24, 2.45) is 0 Å². The molecule has 12 heteroatoms. The van der Waals surface area contributed by atoms with Gasteiger partial charge in [0, 0.05) is 30.9 Å². The average Bonchev–Trinajstić information content (AvgIpc) is 3.10. The molecule has 1 unspecified atom stereocenters. The van der Waals surface area contributed by atoms with Crippen molar-refractivity contribution in [2.75, 3.05) is 7.11 Å². The molecule has 182 valence electrons. The standard InChI is InChI=1S/C22H20BrF5N4O2/c1-20(10-29,9-22(26,27)28)31-19(33)18-30-16(12-7-21(24,25)8-12)17-13-6-14(23)15(34-2)5-11(13)3-4-32(17)18/h5-6,12H,3-4,7-9H2,1-2H3,(H,31,33). The lowest BCUT2D eigenvalue weighted by Gasteiger charge is -2.35. The van der Waals surface area contributed by atoms with Crippen molar-refractivity contribution in [2.45, 2.75) is 62.7 Å². The number of nitriles is 1. The summed E-state index contributed by atoms with van der Waals surface area (Å²) < 4.78 is 73.7. The zero-order valence-corrected chi connectivity index (χ0v) is 19.8. The number of methoxy groups -OCH3 is 1. The summed E-state index contributed by atoms with van der Waals surface area (Å²) in [7, 11) is 1.51. The molecule has 2 heterocycles. The van der Waals surface area contributed by atoms with Gasteiger partial charge in [-0.15, -0.1) is 0 Å². The first-order chi connectivity index (χ1) is 15.8. The fraction of sp³-hybridized carbons (Fsp3) is 0.500. The molecule has 1 amide bonds. The topological polar surface area (TPSA) is 79.9 Å². The summed E-state index contributed by atoms with van der Waals surface area (Å²) >= 11 is 3.41. The summed E-state index contributed by atoms with van der Waals surface area (Å²) in [5.41, 5.74) is 0.0990. The first kappa shape index (κ1) is 24.4. The van der Waals surface area contributed by atoms with Crippen molar-refractivity contribution >= 4 is 21.8 Å². The van der Waals surface area contributed by atoms with Gasteiger partial charge in [0.2, 0.25) is 5.92 Å². The zero-order valence-electron chi connectivity index (χ0n) is 18.2. The number of ether oxygens (including phenoxy) is 1. The third-order valence-electron chi connectivity index (χ3n) is 6.10. The van der Waals surface area contributed by atoms with Crippen LogP contribution in [0, 0.1) is 11.3 Å². The minimum Gasteiger partial charge on any atom is -0.496 e. The second kappa shape index (κ2) is 8.22. The Morgan fingerprint density at radius 1 is 1.38 bits per heavy atom. The zero-order chi connectivity index (χ0) is 25.1. The smallest absolute Gasteiger partial charge is 0.392 e. The Morgan fingerprint density at radius 3 is 2.62 bits per heavy atom. The van der Waals surface area contributed by atoms with Gasteiger partial charge in [-0.05, 0) is 47.0 Å². The molecular formula is C22H20BrF5N4O2. The first-order valence-corrected chi connectivity index (χ1v) is 11.2. The van der Waals surface area contributed by atoms with E-state index in [2.05, 4.69) is 26.2 Å². The average molecular weight is 547 g/mol. The Labute approximate surface area is 200 Å². The van der Waals surface area contributed by atoms with Crippen LogP contribution in [0.3, 0.4) is 0 Å². The van der Waals surface area contributed by atoms with Crippen molar-refractivity contribution in [3.8, 4) is 23.1 Å². The molecule has 1 aliphatic carbocycles. The molecule has 34 heavy (non-hydrogen) atoms. The van der Waals surface area contributed by atoms with Gasteiger partial charge in [0.05, 0.1) is 35.5 Å². The molecule has 1 fully saturated rings. The van der Waals surface area contributed by atoms with E-state index in [1.54, 1.807) is 6.07 Å². The van der Waals surface area contributed by atoms with Crippen molar-refractivity contribution in [3.05, 3.63) is 33.7 Å². The summed E-state index contributed by atoms with van der Waals surface area (Å²) in [4.78, 5) is 17.4. The van der Waals surface area contributed by atoms with E-state index in [4.69, 9.17) is 4.74 Å². The van der Waals surface area contributed by atoms with Gasteiger partial charge in [-0.25, -0.2) is 13.8 Å². The number of fused-ring (bicyclic) bond motifs is 3. The minimum absolute atomic E-state index is 0.207. The predicted octanol–water partition coefficient (Wildman–Crippen LogP) is 5.35. The number of carbonyl (C=O) groups is 1. The second-order valence-corrected chi connectivity index (χ2v) is 9.72. The van der Waals surface area contributed by atoms with E-state index in [-0.39, 0.29) is 12.4 Å². The lowest BCUT2D eigenvalue weighted by atomic mass is 9.77. The van der Waals surface area contributed by atoms with Gasteiger partial charge in [-0.3, -0.25) is 4.79 Å². The molecule has 0 bridgehead atoms. The Hall–Kier alpha value is -2.68. The quantitative estimate of drug-likeness (QED) is 0.512. The van der Waals surface area contributed by atoms with E-state index in [0.29, 0.717) is 33.6 Å². The molecule has 0 saturated heterocycles. The third kappa shape index (κ3) is 4.50. The molecule has 1 aromatic heterocycles. The monoisotopic (exact) mass is 546 g/mol. The highest BCUT2D eigenvalue weighted by molar-refractivity contribution is 9.10. The fourth-order valence-corrected chi connectivity index (χ4v) is 5.02. The number of alkyl halides is 5. The van der Waals surface area contributed by atoms with Crippen LogP contribution in [0.15, 0.2) is 16.6 Å². The molecule has 4 rings (SSSR count). The van der Waals surface area contributed by atoms with Gasteiger partial charge in [-0.2, -0.15) is 18.4 Å². The molecule has 2 aliphatic rings. The molecule has 1 N–H and O–H groups in total. The minimum atomic E-state index is -4.68. The number of hydrogen-bond donors (Lipinski definition) is 1. The number of aromatic nitrogens is 2. The van der Waals surface area contributed by atoms with Gasteiger partial charge >= 0.3 is 6.18 Å². The molecule has 1 aromatic carbocycles. The van der Waals surface area contributed by atoms with Crippen LogP contribution in [0.2, 0.25) is 0 Å². The Bertz CT molecular complexity index is 1200. The van der Waals surface area contributed by atoms with Gasteiger partial charge in [-0.1, -0.05) is 0 Å². The molecule has 6 nitrogen and oxygen atoms in total. The summed E-state index contributed by atoms with van der Waals surface area (Å²) in [6.07, 6.45) is -6.64. The van der Waals surface area contributed by atoms with E-state index in [1.807, 2.05) is 6.07 Å². The van der Waals surface area contributed by atoms with Crippen molar-refractivity contribution < 1.29 is 31.5 Å². The molecule has 1 atom stereocenters. The Kier molecular flexibility index (Phi) is 5.91. The number of carbonyl (C=O) groups excluding carboxylic acids is 1. The van der Waals surface area contributed by atoms with E-state index in [1.165, 1.54) is 17.7 Å². The highest BCUT2D eigenvalue weighted by Crippen LogP contribution is 2.51. The Morgan fingerprint density at radius 2 is 2.06 bits per heavy atom. The van der Waals surface area contributed by atoms with Crippen LogP contribution < -0.4 is 10.1 Å². The third-order valence-corrected chi connectivity index (χ3v) is 6.72. The summed E-state index contributed by atoms with van der Waals surface area (Å²) in [6.45, 7) is 1.24. The number of rotatable bonds is 5. The van der Waals surface area contributed by atoms with Crippen LogP contribution in [-0.2, 0) is 13.0 Å². The molecule has 1 aliphatic heterocycles. The number of nitrogens with one attached hydrogen (secondary N) is 1. The van der Waals surface area contributed by atoms with Crippen molar-refractivity contribution in [1.29, 1.82) is 5.26 Å². The maximum Gasteiger partial charge on any atom is 0.392 e. The fourth-order valence-electron chi connectivity index (χ4n) is 4.52. The van der Waals surface area contributed by atoms with E-state index in [9.17, 15) is 32.0 Å². The highest BCUT2D eigenvalue weighted by atomic mass is 79.9. The summed E-state index contributed by atoms with van der Waals surface area (Å²) in [5.74, 6) is -4.04. The van der Waals surface area contributed by atoms with E-state index < -0.39 is 48.7 Å². The summed E-state index contributed by atoms with van der Waals surface area (Å²) in [6, 6.07) is 5.07. The number of nitrogens with zero attached hydrogens (tertiary/aromatic N) is 3. The van der Waals surface area contributed by atoms with Crippen molar-refractivity contribution in [1.82, 2.24) is 14.9 Å². The number of hydrogen-bond acceptors (Lipinski definition) is 4. The van der Waals surface area contributed by atoms with Crippen LogP contribution >= 0.6 is 15.9 Å². The van der Waals surface area contributed by atoms with Gasteiger partial charge in [0.1, 0.15) is 11.3 Å². The largest absolute Gasteiger partial charge is 0.496 e. The highest BCUT2D eigenvalue weighted by Gasteiger charge is 2.49. The number of imidazole rings is 1. The van der Waals surface area contributed by atoms with Gasteiger partial charge in [0.25, 0.3) is 5.91 Å². The van der Waals surface area contributed by atoms with Crippen LogP contribution in [0.5, 0.6) is 5.75 Å². The molecule has 1 saturated carbocycles. The maximum absolute atomic E-state index is 13.7. The maximum atomic E-state index is 13.7. The Balaban J connectivity index is 1.79. The number of halogens is 6. The molecule has 0 radical (unpaired) electrons. The van der Waals surface area contributed by atoms with Crippen LogP contribution in [-0.4, -0.2) is 40.2 Å². The molecular weight excluding hydrogens is 527 g/mol. The van der Waals surface area contributed by atoms with E-state index >= 15 is 0 Å². The molecule has 2 aromatic rings. The molecule has 0 spiro atoms. The lowest BCUT2D eigenvalue weighted by Crippen LogP contribution is -2.48. The van der Waals surface area contributed by atoms with Crippen molar-refractivity contribution in [3.63, 3.8) is 0 Å². The summed E-state index contributed by atoms with van der Waals surface area (Å²) in [5, 5.41) is 11.4.